The van der Waals surface area contributed by atoms with Crippen molar-refractivity contribution in [1.29, 1.82) is 0 Å². The average Bonchev–Trinajstić information content (AvgIpc) is 2.44. The second-order valence-electron chi connectivity index (χ2n) is 4.47. The molecule has 2 rings (SSSR count). The summed E-state index contributed by atoms with van der Waals surface area (Å²) in [5.74, 6) is -1.05. The molecule has 2 aromatic rings. The van der Waals surface area contributed by atoms with Gasteiger partial charge < -0.3 is 9.84 Å². The number of ether oxygens (including phenoxy) is 1. The minimum Gasteiger partial charge on any atom is -0.494 e. The van der Waals surface area contributed by atoms with Crippen LogP contribution >= 0.6 is 0 Å². The smallest absolute Gasteiger partial charge is 0.159 e. The number of aliphatic hydroxyl groups excluding tert-OH is 1. The first-order valence-corrected chi connectivity index (χ1v) is 6.45. The summed E-state index contributed by atoms with van der Waals surface area (Å²) >= 11 is 0. The summed E-state index contributed by atoms with van der Waals surface area (Å²) in [6.07, 6.45) is -0.541. The SMILES string of the molecule is CCOc1ccc(C(O)Cc2ccc(F)c(F)c2)cc1. The molecule has 20 heavy (non-hydrogen) atoms. The highest BCUT2D eigenvalue weighted by molar-refractivity contribution is 5.30. The van der Waals surface area contributed by atoms with Crippen LogP contribution < -0.4 is 4.74 Å². The molecule has 4 heteroatoms. The summed E-state index contributed by atoms with van der Waals surface area (Å²) in [7, 11) is 0. The second kappa shape index (κ2) is 6.48. The van der Waals surface area contributed by atoms with Gasteiger partial charge in [-0.15, -0.1) is 0 Å². The zero-order valence-corrected chi connectivity index (χ0v) is 11.1. The van der Waals surface area contributed by atoms with Crippen LogP contribution in [0, 0.1) is 11.6 Å². The molecule has 0 bridgehead atoms. The van der Waals surface area contributed by atoms with E-state index in [4.69, 9.17) is 4.74 Å². The van der Waals surface area contributed by atoms with Gasteiger partial charge in [-0.2, -0.15) is 0 Å². The fourth-order valence-electron chi connectivity index (χ4n) is 1.96. The summed E-state index contributed by atoms with van der Waals surface area (Å²) in [6.45, 7) is 2.47. The maximum absolute atomic E-state index is 13.1. The van der Waals surface area contributed by atoms with E-state index in [1.54, 1.807) is 24.3 Å². The highest BCUT2D eigenvalue weighted by atomic mass is 19.2. The lowest BCUT2D eigenvalue weighted by Crippen LogP contribution is -2.03. The molecule has 2 aromatic carbocycles. The quantitative estimate of drug-likeness (QED) is 0.904. The number of hydrogen-bond acceptors (Lipinski definition) is 2. The fourth-order valence-corrected chi connectivity index (χ4v) is 1.96. The Balaban J connectivity index is 2.06. The molecule has 0 aliphatic carbocycles. The van der Waals surface area contributed by atoms with E-state index in [-0.39, 0.29) is 6.42 Å². The summed E-state index contributed by atoms with van der Waals surface area (Å²) in [4.78, 5) is 0. The van der Waals surface area contributed by atoms with Crippen molar-refractivity contribution >= 4 is 0 Å². The van der Waals surface area contributed by atoms with Crippen LogP contribution in [0.15, 0.2) is 42.5 Å². The van der Waals surface area contributed by atoms with E-state index in [0.29, 0.717) is 17.7 Å². The summed E-state index contributed by atoms with van der Waals surface area (Å²) < 4.78 is 31.2. The van der Waals surface area contributed by atoms with E-state index in [0.717, 1.165) is 17.9 Å². The molecular weight excluding hydrogens is 262 g/mol. The lowest BCUT2D eigenvalue weighted by Gasteiger charge is -2.12. The zero-order chi connectivity index (χ0) is 14.5. The third-order valence-corrected chi connectivity index (χ3v) is 2.99. The van der Waals surface area contributed by atoms with Crippen LogP contribution in [0.25, 0.3) is 0 Å². The topological polar surface area (TPSA) is 29.5 Å². The number of aliphatic hydroxyl groups is 1. The Kier molecular flexibility index (Phi) is 4.69. The first-order valence-electron chi connectivity index (χ1n) is 6.45. The van der Waals surface area contributed by atoms with Gasteiger partial charge >= 0.3 is 0 Å². The Bertz CT molecular complexity index is 567. The van der Waals surface area contributed by atoms with E-state index < -0.39 is 17.7 Å². The van der Waals surface area contributed by atoms with Crippen LogP contribution in [-0.4, -0.2) is 11.7 Å². The van der Waals surface area contributed by atoms with Crippen molar-refractivity contribution in [2.24, 2.45) is 0 Å². The lowest BCUT2D eigenvalue weighted by molar-refractivity contribution is 0.178. The van der Waals surface area contributed by atoms with Crippen LogP contribution in [0.4, 0.5) is 8.78 Å². The van der Waals surface area contributed by atoms with E-state index in [1.165, 1.54) is 6.07 Å². The summed E-state index contributed by atoms with van der Waals surface area (Å²) in [6, 6.07) is 10.7. The van der Waals surface area contributed by atoms with Gasteiger partial charge in [0.15, 0.2) is 11.6 Å². The number of hydrogen-bond donors (Lipinski definition) is 1. The first-order chi connectivity index (χ1) is 9.60. The molecule has 0 radical (unpaired) electrons. The molecule has 0 amide bonds. The molecule has 0 fully saturated rings. The predicted octanol–water partition coefficient (Wildman–Crippen LogP) is 3.64. The van der Waals surface area contributed by atoms with Gasteiger partial charge in [-0.3, -0.25) is 0 Å². The fraction of sp³-hybridized carbons (Fsp3) is 0.250. The average molecular weight is 278 g/mol. The molecule has 0 aromatic heterocycles. The summed E-state index contributed by atoms with van der Waals surface area (Å²) in [5.41, 5.74) is 1.25. The number of halogens is 2. The normalized spacial score (nSPS) is 12.2. The highest BCUT2D eigenvalue weighted by Crippen LogP contribution is 2.22. The monoisotopic (exact) mass is 278 g/mol. The van der Waals surface area contributed by atoms with Gasteiger partial charge in [-0.25, -0.2) is 8.78 Å². The van der Waals surface area contributed by atoms with Gasteiger partial charge in [0.25, 0.3) is 0 Å². The molecule has 0 heterocycles. The maximum Gasteiger partial charge on any atom is 0.159 e. The van der Waals surface area contributed by atoms with Crippen LogP contribution in [0.3, 0.4) is 0 Å². The molecule has 0 aliphatic rings. The Hall–Kier alpha value is -1.94. The van der Waals surface area contributed by atoms with Crippen LogP contribution in [0.5, 0.6) is 5.75 Å². The largest absolute Gasteiger partial charge is 0.494 e. The van der Waals surface area contributed by atoms with Gasteiger partial charge in [0, 0.05) is 6.42 Å². The molecule has 0 spiro atoms. The third-order valence-electron chi connectivity index (χ3n) is 2.99. The van der Waals surface area contributed by atoms with Crippen LogP contribution in [0.2, 0.25) is 0 Å². The van der Waals surface area contributed by atoms with Crippen molar-refractivity contribution in [3.63, 3.8) is 0 Å². The lowest BCUT2D eigenvalue weighted by atomic mass is 10.0. The Morgan fingerprint density at radius 3 is 2.35 bits per heavy atom. The molecule has 2 nitrogen and oxygen atoms in total. The number of rotatable bonds is 5. The van der Waals surface area contributed by atoms with Crippen molar-refractivity contribution in [3.05, 3.63) is 65.2 Å². The molecular formula is C16H16F2O2. The van der Waals surface area contributed by atoms with Crippen molar-refractivity contribution < 1.29 is 18.6 Å². The Labute approximate surface area is 116 Å². The second-order valence-corrected chi connectivity index (χ2v) is 4.47. The molecule has 1 N–H and O–H groups in total. The van der Waals surface area contributed by atoms with Gasteiger partial charge in [-0.05, 0) is 42.3 Å². The first kappa shape index (κ1) is 14.5. The van der Waals surface area contributed by atoms with Gasteiger partial charge in [0.05, 0.1) is 12.7 Å². The standard InChI is InChI=1S/C16H16F2O2/c1-2-20-13-6-4-12(5-7-13)16(19)10-11-3-8-14(17)15(18)9-11/h3-9,16,19H,2,10H2,1H3. The third kappa shape index (κ3) is 3.54. The van der Waals surface area contributed by atoms with Crippen molar-refractivity contribution in [2.45, 2.75) is 19.4 Å². The van der Waals surface area contributed by atoms with Crippen molar-refractivity contribution in [2.75, 3.05) is 6.61 Å². The molecule has 0 saturated heterocycles. The molecule has 106 valence electrons. The molecule has 1 unspecified atom stereocenters. The molecule has 0 aliphatic heterocycles. The predicted molar refractivity (Wildman–Crippen MR) is 72.6 cm³/mol. The van der Waals surface area contributed by atoms with E-state index >= 15 is 0 Å². The highest BCUT2D eigenvalue weighted by Gasteiger charge is 2.10. The van der Waals surface area contributed by atoms with E-state index in [2.05, 4.69) is 0 Å². The zero-order valence-electron chi connectivity index (χ0n) is 11.1. The van der Waals surface area contributed by atoms with Crippen molar-refractivity contribution in [1.82, 2.24) is 0 Å². The van der Waals surface area contributed by atoms with E-state index in [9.17, 15) is 13.9 Å². The molecule has 1 atom stereocenters. The number of benzene rings is 2. The van der Waals surface area contributed by atoms with Crippen LogP contribution in [-0.2, 0) is 6.42 Å². The van der Waals surface area contributed by atoms with Gasteiger partial charge in [-0.1, -0.05) is 18.2 Å². The minimum atomic E-state index is -0.901. The van der Waals surface area contributed by atoms with Gasteiger partial charge in [0.2, 0.25) is 0 Å². The summed E-state index contributed by atoms with van der Waals surface area (Å²) in [5, 5.41) is 10.1. The van der Waals surface area contributed by atoms with Crippen LogP contribution in [0.1, 0.15) is 24.2 Å². The van der Waals surface area contributed by atoms with E-state index in [1.807, 2.05) is 6.92 Å². The Morgan fingerprint density at radius 1 is 1.05 bits per heavy atom. The molecule has 0 saturated carbocycles. The Morgan fingerprint density at radius 2 is 1.75 bits per heavy atom. The maximum atomic E-state index is 13.1. The minimum absolute atomic E-state index is 0.227. The van der Waals surface area contributed by atoms with Crippen molar-refractivity contribution in [3.8, 4) is 5.75 Å². The van der Waals surface area contributed by atoms with Gasteiger partial charge in [0.1, 0.15) is 5.75 Å².